The highest BCUT2D eigenvalue weighted by Crippen LogP contribution is 2.26. The summed E-state index contributed by atoms with van der Waals surface area (Å²) in [7, 11) is 1.95. The van der Waals surface area contributed by atoms with Gasteiger partial charge in [0.15, 0.2) is 11.0 Å². The maximum absolute atomic E-state index is 12.3. The largest absolute Gasteiger partial charge is 0.352 e. The maximum Gasteiger partial charge on any atom is 0.230 e. The molecule has 1 aromatic heterocycles. The zero-order valence-electron chi connectivity index (χ0n) is 15.2. The number of amides is 1. The van der Waals surface area contributed by atoms with Crippen molar-refractivity contribution >= 4 is 17.7 Å². The number of hydrogen-bond donors (Lipinski definition) is 1. The Morgan fingerprint density at radius 2 is 2.04 bits per heavy atom. The molecule has 0 saturated heterocycles. The SMILES string of the molecule is Cc1ccccc1-c1nnc(SCC(=O)N[C@H]2CCCC[C@H]2C)n1C. The molecule has 2 atom stereocenters. The maximum atomic E-state index is 12.3. The van der Waals surface area contributed by atoms with E-state index in [-0.39, 0.29) is 5.91 Å². The molecule has 0 aliphatic heterocycles. The minimum Gasteiger partial charge on any atom is -0.352 e. The number of nitrogens with zero attached hydrogens (tertiary/aromatic N) is 3. The van der Waals surface area contributed by atoms with E-state index in [9.17, 15) is 4.79 Å². The van der Waals surface area contributed by atoms with Crippen LogP contribution in [0.2, 0.25) is 0 Å². The number of carbonyl (C=O) groups is 1. The Kier molecular flexibility index (Phi) is 5.78. The fourth-order valence-electron chi connectivity index (χ4n) is 3.41. The van der Waals surface area contributed by atoms with Crippen molar-refractivity contribution in [1.82, 2.24) is 20.1 Å². The van der Waals surface area contributed by atoms with Gasteiger partial charge in [-0.2, -0.15) is 0 Å². The van der Waals surface area contributed by atoms with Gasteiger partial charge in [0.05, 0.1) is 5.75 Å². The van der Waals surface area contributed by atoms with Gasteiger partial charge in [-0.3, -0.25) is 4.79 Å². The van der Waals surface area contributed by atoms with Gasteiger partial charge in [0.25, 0.3) is 0 Å². The van der Waals surface area contributed by atoms with Crippen LogP contribution in [0.3, 0.4) is 0 Å². The number of thioether (sulfide) groups is 1. The van der Waals surface area contributed by atoms with Crippen LogP contribution >= 0.6 is 11.8 Å². The monoisotopic (exact) mass is 358 g/mol. The number of nitrogens with one attached hydrogen (secondary N) is 1. The van der Waals surface area contributed by atoms with Gasteiger partial charge in [-0.15, -0.1) is 10.2 Å². The Hall–Kier alpha value is -1.82. The van der Waals surface area contributed by atoms with E-state index >= 15 is 0 Å². The average molecular weight is 359 g/mol. The second-order valence-electron chi connectivity index (χ2n) is 6.90. The number of carbonyl (C=O) groups excluding carboxylic acids is 1. The predicted octanol–water partition coefficient (Wildman–Crippen LogP) is 3.58. The summed E-state index contributed by atoms with van der Waals surface area (Å²) < 4.78 is 1.96. The first-order valence-corrected chi connectivity index (χ1v) is 9.92. The molecule has 0 spiro atoms. The van der Waals surface area contributed by atoms with E-state index < -0.39 is 0 Å². The highest BCUT2D eigenvalue weighted by Gasteiger charge is 2.23. The van der Waals surface area contributed by atoms with Crippen LogP contribution < -0.4 is 5.32 Å². The van der Waals surface area contributed by atoms with E-state index in [1.165, 1.54) is 36.6 Å². The number of rotatable bonds is 5. The van der Waals surface area contributed by atoms with Crippen molar-refractivity contribution in [3.05, 3.63) is 29.8 Å². The molecular formula is C19H26N4OS. The molecule has 1 amide bonds. The minimum atomic E-state index is 0.0872. The fraction of sp³-hybridized carbons (Fsp3) is 0.526. The van der Waals surface area contributed by atoms with Gasteiger partial charge in [-0.05, 0) is 31.2 Å². The van der Waals surface area contributed by atoms with Crippen LogP contribution in [0.15, 0.2) is 29.4 Å². The van der Waals surface area contributed by atoms with Crippen LogP contribution in [0.1, 0.15) is 38.2 Å². The van der Waals surface area contributed by atoms with E-state index in [1.54, 1.807) is 0 Å². The van der Waals surface area contributed by atoms with Crippen molar-refractivity contribution in [2.75, 3.05) is 5.75 Å². The highest BCUT2D eigenvalue weighted by atomic mass is 32.2. The van der Waals surface area contributed by atoms with E-state index in [1.807, 2.05) is 29.8 Å². The number of hydrogen-bond acceptors (Lipinski definition) is 4. The zero-order chi connectivity index (χ0) is 17.8. The summed E-state index contributed by atoms with van der Waals surface area (Å²) in [6, 6.07) is 8.45. The lowest BCUT2D eigenvalue weighted by Gasteiger charge is -2.29. The summed E-state index contributed by atoms with van der Waals surface area (Å²) in [6.07, 6.45) is 4.80. The van der Waals surface area contributed by atoms with Crippen molar-refractivity contribution in [2.24, 2.45) is 13.0 Å². The molecule has 1 fully saturated rings. The van der Waals surface area contributed by atoms with Crippen molar-refractivity contribution < 1.29 is 4.79 Å². The molecule has 0 bridgehead atoms. The van der Waals surface area contributed by atoms with Crippen LogP contribution in [0.25, 0.3) is 11.4 Å². The van der Waals surface area contributed by atoms with Gasteiger partial charge >= 0.3 is 0 Å². The molecule has 3 rings (SSSR count). The van der Waals surface area contributed by atoms with Gasteiger partial charge in [0, 0.05) is 18.7 Å². The molecule has 5 nitrogen and oxygen atoms in total. The topological polar surface area (TPSA) is 59.8 Å². The summed E-state index contributed by atoms with van der Waals surface area (Å²) >= 11 is 1.44. The van der Waals surface area contributed by atoms with Gasteiger partial charge < -0.3 is 9.88 Å². The Balaban J connectivity index is 1.60. The third kappa shape index (κ3) is 4.24. The molecule has 6 heteroatoms. The first-order chi connectivity index (χ1) is 12.1. The average Bonchev–Trinajstić information content (AvgIpc) is 2.96. The van der Waals surface area contributed by atoms with E-state index in [4.69, 9.17) is 0 Å². The molecular weight excluding hydrogens is 332 g/mol. The van der Waals surface area contributed by atoms with Crippen LogP contribution in [-0.2, 0) is 11.8 Å². The van der Waals surface area contributed by atoms with Crippen LogP contribution in [0, 0.1) is 12.8 Å². The highest BCUT2D eigenvalue weighted by molar-refractivity contribution is 7.99. The third-order valence-electron chi connectivity index (χ3n) is 5.01. The van der Waals surface area contributed by atoms with Crippen LogP contribution in [0.5, 0.6) is 0 Å². The Morgan fingerprint density at radius 3 is 2.80 bits per heavy atom. The lowest BCUT2D eigenvalue weighted by molar-refractivity contribution is -0.119. The van der Waals surface area contributed by atoms with E-state index in [2.05, 4.69) is 35.4 Å². The van der Waals surface area contributed by atoms with Gasteiger partial charge in [0.1, 0.15) is 0 Å². The summed E-state index contributed by atoms with van der Waals surface area (Å²) in [4.78, 5) is 12.3. The Bertz CT molecular complexity index is 743. The minimum absolute atomic E-state index is 0.0872. The van der Waals surface area contributed by atoms with Crippen molar-refractivity contribution in [2.45, 2.75) is 50.7 Å². The molecule has 0 unspecified atom stereocenters. The number of aryl methyl sites for hydroxylation is 1. The molecule has 134 valence electrons. The van der Waals surface area contributed by atoms with E-state index in [0.29, 0.717) is 17.7 Å². The summed E-state index contributed by atoms with van der Waals surface area (Å²) in [6.45, 7) is 4.30. The van der Waals surface area contributed by atoms with Gasteiger partial charge in [-0.1, -0.05) is 55.8 Å². The Morgan fingerprint density at radius 1 is 1.28 bits per heavy atom. The molecule has 0 radical (unpaired) electrons. The second-order valence-corrected chi connectivity index (χ2v) is 7.85. The number of benzene rings is 1. The quantitative estimate of drug-likeness (QED) is 0.830. The molecule has 25 heavy (non-hydrogen) atoms. The molecule has 1 aliphatic carbocycles. The first kappa shape index (κ1) is 18.0. The zero-order valence-corrected chi connectivity index (χ0v) is 16.0. The van der Waals surface area contributed by atoms with E-state index in [0.717, 1.165) is 23.0 Å². The predicted molar refractivity (Wildman–Crippen MR) is 101 cm³/mol. The van der Waals surface area contributed by atoms with Crippen molar-refractivity contribution in [3.8, 4) is 11.4 Å². The smallest absolute Gasteiger partial charge is 0.230 e. The summed E-state index contributed by atoms with van der Waals surface area (Å²) in [5.74, 6) is 1.87. The third-order valence-corrected chi connectivity index (χ3v) is 6.03. The summed E-state index contributed by atoms with van der Waals surface area (Å²) in [5, 5.41) is 12.5. The molecule has 1 aromatic carbocycles. The normalized spacial score (nSPS) is 20.4. The van der Waals surface area contributed by atoms with Crippen molar-refractivity contribution in [3.63, 3.8) is 0 Å². The lowest BCUT2D eigenvalue weighted by atomic mass is 9.86. The van der Waals surface area contributed by atoms with Crippen LogP contribution in [-0.4, -0.2) is 32.5 Å². The molecule has 1 saturated carbocycles. The van der Waals surface area contributed by atoms with Gasteiger partial charge in [-0.25, -0.2) is 0 Å². The first-order valence-electron chi connectivity index (χ1n) is 8.94. The fourth-order valence-corrected chi connectivity index (χ4v) is 4.13. The molecule has 1 N–H and O–H groups in total. The molecule has 1 aliphatic rings. The lowest BCUT2D eigenvalue weighted by Crippen LogP contribution is -2.41. The number of aromatic nitrogens is 3. The summed E-state index contributed by atoms with van der Waals surface area (Å²) in [5.41, 5.74) is 2.24. The standard InChI is InChI=1S/C19H26N4OS/c1-13-8-4-6-10-15(13)18-21-22-19(23(18)3)25-12-17(24)20-16-11-7-5-9-14(16)2/h4,6,8,10,14,16H,5,7,9,11-12H2,1-3H3,(H,20,24)/t14-,16+/m1/s1. The van der Waals surface area contributed by atoms with Crippen molar-refractivity contribution in [1.29, 1.82) is 0 Å². The molecule has 1 heterocycles. The second kappa shape index (κ2) is 8.04. The molecule has 2 aromatic rings. The van der Waals surface area contributed by atoms with Crippen LogP contribution in [0.4, 0.5) is 0 Å². The van der Waals surface area contributed by atoms with Gasteiger partial charge in [0.2, 0.25) is 5.91 Å². The Labute approximate surface area is 153 Å².